The molecule has 6 nitrogen and oxygen atoms in total. The zero-order chi connectivity index (χ0) is 15.5. The monoisotopic (exact) mass is 358 g/mol. The Kier molecular flexibility index (Phi) is 14.9. The topological polar surface area (TPSA) is 62.2 Å². The van der Waals surface area contributed by atoms with Crippen LogP contribution in [0.1, 0.15) is 0 Å². The fourth-order valence-corrected chi connectivity index (χ4v) is 2.74. The number of thiocarbonyl (C=S) groups is 1. The molecule has 0 aromatic rings. The molecule has 2 fully saturated rings. The van der Waals surface area contributed by atoms with Crippen LogP contribution in [0.15, 0.2) is 0 Å². The predicted octanol–water partition coefficient (Wildman–Crippen LogP) is -4.68. The van der Waals surface area contributed by atoms with Gasteiger partial charge in [-0.05, 0) is 0 Å². The Morgan fingerprint density at radius 2 is 1.36 bits per heavy atom. The summed E-state index contributed by atoms with van der Waals surface area (Å²) in [5.41, 5.74) is 0. The van der Waals surface area contributed by atoms with E-state index in [0.29, 0.717) is 10.9 Å². The van der Waals surface area contributed by atoms with Crippen molar-refractivity contribution in [2.24, 2.45) is 0 Å². The third-order valence-corrected chi connectivity index (χ3v) is 4.19. The summed E-state index contributed by atoms with van der Waals surface area (Å²) in [5.74, 6) is 0. The Morgan fingerprint density at radius 1 is 0.909 bits per heavy atom. The van der Waals surface area contributed by atoms with E-state index >= 15 is 0 Å². The van der Waals surface area contributed by atoms with E-state index in [1.807, 2.05) is 4.90 Å². The second-order valence-electron chi connectivity index (χ2n) is 5.13. The fourth-order valence-electron chi connectivity index (χ4n) is 2.37. The molecule has 0 atom stereocenters. The van der Waals surface area contributed by atoms with E-state index in [1.165, 1.54) is 0 Å². The van der Waals surface area contributed by atoms with Crippen LogP contribution in [0.3, 0.4) is 0 Å². The van der Waals surface area contributed by atoms with Crippen LogP contribution in [0.4, 0.5) is 0 Å². The van der Waals surface area contributed by atoms with Crippen LogP contribution in [0.25, 0.3) is 0 Å². The van der Waals surface area contributed by atoms with Gasteiger partial charge in [0.1, 0.15) is 0 Å². The summed E-state index contributed by atoms with van der Waals surface area (Å²) in [6.07, 6.45) is 0. The minimum atomic E-state index is 0. The van der Waals surface area contributed by atoms with E-state index < -0.39 is 0 Å². The van der Waals surface area contributed by atoms with Crippen LogP contribution < -0.4 is 34.9 Å². The SMILES string of the molecule is OCCN1CCN(C(=S)[S-])CC1.OCCN1CCNCC1.[Na+]. The number of nitrogens with one attached hydrogen (secondary N) is 1. The van der Waals surface area contributed by atoms with Crippen molar-refractivity contribution in [2.45, 2.75) is 0 Å². The van der Waals surface area contributed by atoms with Crippen molar-refractivity contribution in [1.82, 2.24) is 20.0 Å². The molecule has 0 amide bonds. The molecule has 9 heteroatoms. The Hall–Kier alpha value is 0.910. The van der Waals surface area contributed by atoms with Crippen LogP contribution >= 0.6 is 12.2 Å². The van der Waals surface area contributed by atoms with Crippen LogP contribution in [0, 0.1) is 0 Å². The van der Waals surface area contributed by atoms with Crippen LogP contribution in [-0.2, 0) is 12.6 Å². The Labute approximate surface area is 166 Å². The van der Waals surface area contributed by atoms with Crippen molar-refractivity contribution >= 4 is 29.2 Å². The second-order valence-corrected chi connectivity index (χ2v) is 6.17. The van der Waals surface area contributed by atoms with Gasteiger partial charge in [-0.3, -0.25) is 9.80 Å². The summed E-state index contributed by atoms with van der Waals surface area (Å²) in [6, 6.07) is 0. The molecule has 2 saturated heterocycles. The first kappa shape index (κ1) is 22.9. The smallest absolute Gasteiger partial charge is 0.411 e. The molecule has 0 spiro atoms. The zero-order valence-corrected chi connectivity index (χ0v) is 17.2. The van der Waals surface area contributed by atoms with E-state index in [4.69, 9.17) is 35.1 Å². The summed E-state index contributed by atoms with van der Waals surface area (Å²) < 4.78 is 0.568. The molecule has 0 aromatic carbocycles. The van der Waals surface area contributed by atoms with Crippen molar-refractivity contribution in [3.8, 4) is 0 Å². The first-order chi connectivity index (χ1) is 10.2. The van der Waals surface area contributed by atoms with Crippen molar-refractivity contribution in [3.63, 3.8) is 0 Å². The van der Waals surface area contributed by atoms with Gasteiger partial charge < -0.3 is 45.3 Å². The van der Waals surface area contributed by atoms with Gasteiger partial charge >= 0.3 is 29.6 Å². The van der Waals surface area contributed by atoms with Crippen molar-refractivity contribution in [3.05, 3.63) is 0 Å². The molecule has 2 heterocycles. The maximum absolute atomic E-state index is 8.69. The number of hydrogen-bond acceptors (Lipinski definition) is 7. The number of aliphatic hydroxyl groups is 2. The van der Waals surface area contributed by atoms with E-state index in [9.17, 15) is 0 Å². The van der Waals surface area contributed by atoms with Gasteiger partial charge in [0.05, 0.1) is 13.2 Å². The summed E-state index contributed by atoms with van der Waals surface area (Å²) in [5, 5.41) is 20.5. The average Bonchev–Trinajstić information content (AvgIpc) is 2.50. The third kappa shape index (κ3) is 9.92. The molecule has 124 valence electrons. The Morgan fingerprint density at radius 3 is 1.77 bits per heavy atom. The van der Waals surface area contributed by atoms with E-state index in [2.05, 4.69) is 15.1 Å². The number of hydrogen-bond donors (Lipinski definition) is 3. The minimum absolute atomic E-state index is 0. The normalized spacial score (nSPS) is 19.8. The van der Waals surface area contributed by atoms with E-state index in [1.54, 1.807) is 0 Å². The molecule has 0 radical (unpaired) electrons. The van der Waals surface area contributed by atoms with Crippen LogP contribution in [0.5, 0.6) is 0 Å². The molecule has 0 aliphatic carbocycles. The first-order valence-electron chi connectivity index (χ1n) is 7.50. The van der Waals surface area contributed by atoms with Crippen molar-refractivity contribution < 1.29 is 39.8 Å². The molecule has 0 saturated carbocycles. The molecule has 2 aliphatic heterocycles. The number of nitrogens with zero attached hydrogens (tertiary/aromatic N) is 3. The Balaban J connectivity index is 0.000000397. The van der Waals surface area contributed by atoms with Gasteiger partial charge in [0, 0.05) is 65.4 Å². The zero-order valence-electron chi connectivity index (χ0n) is 13.5. The second kappa shape index (κ2) is 14.3. The average molecular weight is 359 g/mol. The molecule has 3 N–H and O–H groups in total. The van der Waals surface area contributed by atoms with E-state index in [0.717, 1.165) is 65.4 Å². The maximum Gasteiger partial charge on any atom is 1.00 e. The third-order valence-electron chi connectivity index (χ3n) is 3.67. The number of piperazine rings is 2. The van der Waals surface area contributed by atoms with Gasteiger partial charge in [-0.25, -0.2) is 0 Å². The van der Waals surface area contributed by atoms with Crippen LogP contribution in [0.2, 0.25) is 0 Å². The first-order valence-corrected chi connectivity index (χ1v) is 8.32. The van der Waals surface area contributed by atoms with Crippen molar-refractivity contribution in [1.29, 1.82) is 0 Å². The van der Waals surface area contributed by atoms with Gasteiger partial charge in [-0.1, -0.05) is 4.32 Å². The summed E-state index contributed by atoms with van der Waals surface area (Å²) >= 11 is 9.78. The molecule has 0 unspecified atom stereocenters. The predicted molar refractivity (Wildman–Crippen MR) is 91.5 cm³/mol. The van der Waals surface area contributed by atoms with Gasteiger partial charge in [0.2, 0.25) is 0 Å². The number of aliphatic hydroxyl groups excluding tert-OH is 2. The summed E-state index contributed by atoms with van der Waals surface area (Å²) in [7, 11) is 0. The standard InChI is InChI=1S/C7H14N2OS2.C6H14N2O.Na/c10-6-5-8-1-3-9(4-2-8)7(11)12;9-6-5-8-3-1-7-2-4-8;/h10H,1-6H2,(H,11,12);7,9H,1-6H2;/q;;+1/p-1. The van der Waals surface area contributed by atoms with Gasteiger partial charge in [0.25, 0.3) is 0 Å². The maximum atomic E-state index is 8.69. The quantitative estimate of drug-likeness (QED) is 0.263. The molecule has 0 aromatic heterocycles. The van der Waals surface area contributed by atoms with Gasteiger partial charge in [-0.2, -0.15) is 0 Å². The molecule has 2 rings (SSSR count). The van der Waals surface area contributed by atoms with Crippen LogP contribution in [-0.4, -0.2) is 108 Å². The minimum Gasteiger partial charge on any atom is -0.411 e. The summed E-state index contributed by atoms with van der Waals surface area (Å²) in [6.45, 7) is 10.2. The van der Waals surface area contributed by atoms with Gasteiger partial charge in [0.15, 0.2) is 0 Å². The molecular formula is C13H27N4NaO2S2. The Bertz CT molecular complexity index is 286. The summed E-state index contributed by atoms with van der Waals surface area (Å²) in [4.78, 5) is 6.50. The fraction of sp³-hybridized carbons (Fsp3) is 0.923. The molecule has 2 aliphatic rings. The molecule has 22 heavy (non-hydrogen) atoms. The number of rotatable bonds is 4. The largest absolute Gasteiger partial charge is 1.00 e. The van der Waals surface area contributed by atoms with Crippen molar-refractivity contribution in [2.75, 3.05) is 78.7 Å². The van der Waals surface area contributed by atoms with E-state index in [-0.39, 0.29) is 36.2 Å². The number of β-amino-alcohol motifs (C(OH)–C–C–N with tert-alkyl or cyclic N) is 2. The molecular weight excluding hydrogens is 331 g/mol. The molecule has 0 bridgehead atoms. The van der Waals surface area contributed by atoms with Gasteiger partial charge in [-0.15, -0.1) is 0 Å².